The van der Waals surface area contributed by atoms with Crippen molar-refractivity contribution in [3.8, 4) is 0 Å². The summed E-state index contributed by atoms with van der Waals surface area (Å²) >= 11 is 14.1. The fraction of sp³-hybridized carbons (Fsp3) is 0.588. The van der Waals surface area contributed by atoms with Crippen LogP contribution in [0.1, 0.15) is 50.5 Å². The number of carbonyl (C=O) groups is 1. The quantitative estimate of drug-likeness (QED) is 0.640. The molecule has 2 rings (SSSR count). The molecule has 1 aliphatic heterocycles. The second-order valence-electron chi connectivity index (χ2n) is 5.67. The van der Waals surface area contributed by atoms with Crippen LogP contribution in [0.3, 0.4) is 0 Å². The van der Waals surface area contributed by atoms with Crippen molar-refractivity contribution in [1.29, 1.82) is 0 Å². The largest absolute Gasteiger partial charge is 0.325 e. The minimum atomic E-state index is 0.0212. The Kier molecular flexibility index (Phi) is 6.91. The predicted molar refractivity (Wildman–Crippen MR) is 96.7 cm³/mol. The van der Waals surface area contributed by atoms with Crippen molar-refractivity contribution in [2.75, 3.05) is 12.3 Å². The van der Waals surface area contributed by atoms with Gasteiger partial charge in [-0.2, -0.15) is 0 Å². The van der Waals surface area contributed by atoms with E-state index in [4.69, 9.17) is 23.2 Å². The first-order valence-electron chi connectivity index (χ1n) is 7.95. The van der Waals surface area contributed by atoms with Crippen LogP contribution in [-0.2, 0) is 4.79 Å². The molecular weight excluding hydrogens is 337 g/mol. The number of hydrogen-bond donors (Lipinski definition) is 0. The first kappa shape index (κ1) is 18.0. The number of rotatable bonds is 6. The lowest BCUT2D eigenvalue weighted by molar-refractivity contribution is -0.136. The highest BCUT2D eigenvalue weighted by molar-refractivity contribution is 7.99. The van der Waals surface area contributed by atoms with E-state index >= 15 is 0 Å². The molecule has 2 nitrogen and oxygen atoms in total. The smallest absolute Gasteiger partial charge is 0.226 e. The number of benzene rings is 1. The Morgan fingerprint density at radius 1 is 1.41 bits per heavy atom. The Morgan fingerprint density at radius 3 is 2.82 bits per heavy atom. The van der Waals surface area contributed by atoms with E-state index in [1.807, 2.05) is 17.0 Å². The van der Waals surface area contributed by atoms with E-state index in [0.29, 0.717) is 10.0 Å². The van der Waals surface area contributed by atoms with Gasteiger partial charge < -0.3 is 4.90 Å². The van der Waals surface area contributed by atoms with Crippen LogP contribution in [0.5, 0.6) is 0 Å². The molecule has 5 heteroatoms. The third kappa shape index (κ3) is 4.12. The average Bonchev–Trinajstić information content (AvgIpc) is 2.97. The summed E-state index contributed by atoms with van der Waals surface area (Å²) < 4.78 is 0. The Hall–Kier alpha value is -0.380. The van der Waals surface area contributed by atoms with Crippen molar-refractivity contribution in [2.45, 2.75) is 44.9 Å². The molecule has 0 unspecified atom stereocenters. The lowest BCUT2D eigenvalue weighted by Gasteiger charge is -2.28. The summed E-state index contributed by atoms with van der Waals surface area (Å²) in [6, 6.07) is 5.55. The molecule has 1 aliphatic rings. The fourth-order valence-electron chi connectivity index (χ4n) is 2.84. The second-order valence-corrected chi connectivity index (χ2v) is 7.70. The molecule has 0 bridgehead atoms. The van der Waals surface area contributed by atoms with Crippen molar-refractivity contribution >= 4 is 40.9 Å². The molecule has 0 spiro atoms. The van der Waals surface area contributed by atoms with E-state index in [2.05, 4.69) is 13.8 Å². The number of amides is 1. The third-order valence-corrected chi connectivity index (χ3v) is 5.96. The molecule has 1 amide bonds. The van der Waals surface area contributed by atoms with Gasteiger partial charge in [0.15, 0.2) is 0 Å². The molecule has 1 aromatic rings. The van der Waals surface area contributed by atoms with Crippen LogP contribution in [0, 0.1) is 5.92 Å². The predicted octanol–water partition coefficient (Wildman–Crippen LogP) is 5.78. The van der Waals surface area contributed by atoms with Gasteiger partial charge in [-0.05, 0) is 25.0 Å². The number of halogens is 2. The van der Waals surface area contributed by atoms with Gasteiger partial charge in [-0.25, -0.2) is 0 Å². The van der Waals surface area contributed by atoms with Crippen LogP contribution in [-0.4, -0.2) is 23.1 Å². The molecular formula is C17H23Cl2NOS. The average molecular weight is 360 g/mol. The molecule has 0 radical (unpaired) electrons. The van der Waals surface area contributed by atoms with Crippen LogP contribution in [0.4, 0.5) is 0 Å². The van der Waals surface area contributed by atoms with Crippen molar-refractivity contribution in [2.24, 2.45) is 5.92 Å². The second kappa shape index (κ2) is 8.47. The maximum absolute atomic E-state index is 12.9. The van der Waals surface area contributed by atoms with Gasteiger partial charge in [0.05, 0.1) is 0 Å². The summed E-state index contributed by atoms with van der Waals surface area (Å²) in [6.45, 7) is 5.07. The highest BCUT2D eigenvalue weighted by Gasteiger charge is 2.34. The lowest BCUT2D eigenvalue weighted by Crippen LogP contribution is -2.35. The van der Waals surface area contributed by atoms with Gasteiger partial charge >= 0.3 is 0 Å². The normalized spacial score (nSPS) is 19.5. The van der Waals surface area contributed by atoms with E-state index in [-0.39, 0.29) is 17.2 Å². The minimum Gasteiger partial charge on any atom is -0.325 e. The first-order valence-corrected chi connectivity index (χ1v) is 9.76. The monoisotopic (exact) mass is 359 g/mol. The van der Waals surface area contributed by atoms with Gasteiger partial charge in [0, 0.05) is 33.8 Å². The van der Waals surface area contributed by atoms with Gasteiger partial charge in [0.2, 0.25) is 5.91 Å². The molecule has 122 valence electrons. The lowest BCUT2D eigenvalue weighted by atomic mass is 9.97. The van der Waals surface area contributed by atoms with E-state index < -0.39 is 0 Å². The molecule has 2 atom stereocenters. The summed E-state index contributed by atoms with van der Waals surface area (Å²) in [5.41, 5.74) is 0.993. The fourth-order valence-corrected chi connectivity index (χ4v) is 4.72. The number of hydrogen-bond acceptors (Lipinski definition) is 2. The van der Waals surface area contributed by atoms with Crippen LogP contribution < -0.4 is 0 Å². The van der Waals surface area contributed by atoms with Crippen LogP contribution in [0.15, 0.2) is 18.2 Å². The van der Waals surface area contributed by atoms with E-state index in [9.17, 15) is 4.79 Å². The summed E-state index contributed by atoms with van der Waals surface area (Å²) in [5.74, 6) is 1.36. The van der Waals surface area contributed by atoms with Crippen LogP contribution >= 0.6 is 35.0 Å². The number of carbonyl (C=O) groups excluding carboxylic acids is 1. The summed E-state index contributed by atoms with van der Waals surface area (Å²) in [4.78, 5) is 14.9. The van der Waals surface area contributed by atoms with Crippen molar-refractivity contribution in [3.05, 3.63) is 33.8 Å². The molecule has 1 aromatic carbocycles. The first-order chi connectivity index (χ1) is 10.6. The molecule has 0 saturated carbocycles. The molecule has 1 saturated heterocycles. The molecule has 0 aliphatic carbocycles. The van der Waals surface area contributed by atoms with Gasteiger partial charge in [-0.3, -0.25) is 4.79 Å². The van der Waals surface area contributed by atoms with Crippen molar-refractivity contribution in [3.63, 3.8) is 0 Å². The zero-order valence-corrected chi connectivity index (χ0v) is 15.5. The SMILES string of the molecule is CCCC[C@H](CC)C(=O)N1CCS[C@H]1c1ccc(Cl)cc1Cl. The highest BCUT2D eigenvalue weighted by atomic mass is 35.5. The van der Waals surface area contributed by atoms with Gasteiger partial charge in [0.1, 0.15) is 5.37 Å². The van der Waals surface area contributed by atoms with Crippen LogP contribution in [0.25, 0.3) is 0 Å². The van der Waals surface area contributed by atoms with E-state index in [1.165, 1.54) is 0 Å². The molecule has 22 heavy (non-hydrogen) atoms. The molecule has 0 aromatic heterocycles. The standard InChI is InChI=1S/C17H23Cl2NOS/c1-3-5-6-12(4-2)16(21)20-9-10-22-17(20)14-8-7-13(18)11-15(14)19/h7-8,11-12,17H,3-6,9-10H2,1-2H3/t12-,17-/m0/s1. The number of nitrogens with zero attached hydrogens (tertiary/aromatic N) is 1. The van der Waals surface area contributed by atoms with Gasteiger partial charge in [-0.1, -0.05) is 56.0 Å². The van der Waals surface area contributed by atoms with Crippen molar-refractivity contribution < 1.29 is 4.79 Å². The molecule has 1 fully saturated rings. The maximum atomic E-state index is 12.9. The Morgan fingerprint density at radius 2 is 2.18 bits per heavy atom. The summed E-state index contributed by atoms with van der Waals surface area (Å²) in [6.07, 6.45) is 4.12. The summed E-state index contributed by atoms with van der Waals surface area (Å²) in [7, 11) is 0. The van der Waals surface area contributed by atoms with Gasteiger partial charge in [0.25, 0.3) is 0 Å². The summed E-state index contributed by atoms with van der Waals surface area (Å²) in [5, 5.41) is 1.29. The third-order valence-electron chi connectivity index (χ3n) is 4.15. The topological polar surface area (TPSA) is 20.3 Å². The Labute approximate surface area is 147 Å². The highest BCUT2D eigenvalue weighted by Crippen LogP contribution is 2.42. The number of unbranched alkanes of at least 4 members (excludes halogenated alkanes) is 1. The van der Waals surface area contributed by atoms with E-state index in [1.54, 1.807) is 17.8 Å². The Balaban J connectivity index is 2.17. The van der Waals surface area contributed by atoms with Gasteiger partial charge in [-0.15, -0.1) is 11.8 Å². The van der Waals surface area contributed by atoms with E-state index in [0.717, 1.165) is 43.5 Å². The molecule has 0 N–H and O–H groups in total. The zero-order valence-electron chi connectivity index (χ0n) is 13.1. The van der Waals surface area contributed by atoms with Crippen LogP contribution in [0.2, 0.25) is 10.0 Å². The van der Waals surface area contributed by atoms with Crippen molar-refractivity contribution in [1.82, 2.24) is 4.90 Å². The Bertz CT molecular complexity index is 523. The zero-order chi connectivity index (χ0) is 16.1. The minimum absolute atomic E-state index is 0.0212. The maximum Gasteiger partial charge on any atom is 0.226 e. The number of thioether (sulfide) groups is 1. The molecule has 1 heterocycles.